The molecule has 5 rings (SSSR count). The molecule has 0 amide bonds. The largest absolute Gasteiger partial charge is 0.481 e. The van der Waals surface area contributed by atoms with Crippen molar-refractivity contribution in [2.75, 3.05) is 19.5 Å². The molecule has 0 aliphatic carbocycles. The number of carboxylic acid groups (broad SMARTS) is 2. The van der Waals surface area contributed by atoms with Crippen LogP contribution >= 0.6 is 7.75 Å². The molecule has 0 bridgehead atoms. The van der Waals surface area contributed by atoms with Gasteiger partial charge in [-0.1, -0.05) is 18.2 Å². The number of alkyl halides is 1. The number of rotatable bonds is 12. The lowest BCUT2D eigenvalue weighted by molar-refractivity contribution is -0.296. The second-order valence-corrected chi connectivity index (χ2v) is 11.0. The van der Waals surface area contributed by atoms with Gasteiger partial charge in [-0.25, -0.2) is 18.5 Å². The molecule has 5 N–H and O–H groups in total. The zero-order valence-electron chi connectivity index (χ0n) is 22.1. The summed E-state index contributed by atoms with van der Waals surface area (Å²) in [6.07, 6.45) is -3.16. The summed E-state index contributed by atoms with van der Waals surface area (Å²) in [6, 6.07) is 10.1. The monoisotopic (exact) mass is 622 g/mol. The Hall–Kier alpha value is -4.21. The number of nitrogens with two attached hydrogens (primary N) is 1. The van der Waals surface area contributed by atoms with Gasteiger partial charge < -0.3 is 39.4 Å². The number of hydrogen-bond donors (Lipinski definition) is 4. The topological polar surface area (TPSA) is 239 Å². The van der Waals surface area contributed by atoms with Crippen LogP contribution in [-0.2, 0) is 43.2 Å². The summed E-state index contributed by atoms with van der Waals surface area (Å²) < 4.78 is 64.6. The van der Waals surface area contributed by atoms with E-state index in [4.69, 9.17) is 38.8 Å². The molecule has 3 aromatic rings. The standard InChI is InChI=1S/C24H24FN6O11P/c1-37-22-39-18-19(40-22)24(25,42-23(18,10-26)16-8-7-15-20(27)28-12-29-31(15)16)11-38-43(36,41-13-5-3-2-4-6-13)30-14(21(34)35)9-17(32)33/h2-8,12,14,18-19,22H,9,11H2,1H3,(H,30,36)(H,32,33)(H,34,35)(H2,27,28,29)/t14-,18+,19-,22?,23-,24+,43?/m0/s1. The zero-order valence-corrected chi connectivity index (χ0v) is 23.0. The SMILES string of the molecule is COC1O[C@@H]2[C@H](O1)[C@@](F)(COP(=O)(N[C@@H](CC(=O)O)C(=O)O)Oc1ccccc1)O[C@@]2(C#N)c1ccc2c(N)ncnn12. The Kier molecular flexibility index (Phi) is 8.07. The average Bonchev–Trinajstić information content (AvgIpc) is 3.66. The van der Waals surface area contributed by atoms with Crippen molar-refractivity contribution in [3.8, 4) is 11.8 Å². The molecule has 2 unspecified atom stereocenters. The predicted molar refractivity (Wildman–Crippen MR) is 138 cm³/mol. The fourth-order valence-electron chi connectivity index (χ4n) is 4.67. The number of aromatic nitrogens is 3. The van der Waals surface area contributed by atoms with E-state index in [1.54, 1.807) is 6.07 Å². The molecule has 2 aliphatic heterocycles. The quantitative estimate of drug-likeness (QED) is 0.207. The van der Waals surface area contributed by atoms with Crippen LogP contribution in [0.4, 0.5) is 10.2 Å². The van der Waals surface area contributed by atoms with Gasteiger partial charge in [0.1, 0.15) is 42.4 Å². The van der Waals surface area contributed by atoms with Gasteiger partial charge in [-0.2, -0.15) is 15.4 Å². The van der Waals surface area contributed by atoms with Gasteiger partial charge in [0.05, 0.1) is 12.1 Å². The minimum atomic E-state index is -4.88. The van der Waals surface area contributed by atoms with Crippen LogP contribution in [0.25, 0.3) is 5.52 Å². The second-order valence-electron chi connectivity index (χ2n) is 9.33. The normalized spacial score (nSPS) is 28.5. The summed E-state index contributed by atoms with van der Waals surface area (Å²) in [6.45, 7) is -2.74. The molecule has 0 spiro atoms. The van der Waals surface area contributed by atoms with E-state index in [1.165, 1.54) is 48.0 Å². The number of methoxy groups -OCH3 is 1. The van der Waals surface area contributed by atoms with Crippen molar-refractivity contribution in [3.63, 3.8) is 0 Å². The van der Waals surface area contributed by atoms with Crippen LogP contribution < -0.4 is 15.3 Å². The maximum atomic E-state index is 16.9. The molecule has 4 heterocycles. The molecule has 1 aromatic carbocycles. The molecule has 2 saturated heterocycles. The van der Waals surface area contributed by atoms with E-state index in [1.807, 2.05) is 11.2 Å². The van der Waals surface area contributed by atoms with Crippen molar-refractivity contribution < 1.29 is 56.8 Å². The van der Waals surface area contributed by atoms with Crippen LogP contribution in [0.2, 0.25) is 0 Å². The molecule has 2 fully saturated rings. The van der Waals surface area contributed by atoms with Gasteiger partial charge in [0.25, 0.3) is 12.3 Å². The van der Waals surface area contributed by atoms with Crippen LogP contribution in [0.15, 0.2) is 48.8 Å². The van der Waals surface area contributed by atoms with E-state index in [0.717, 1.165) is 6.33 Å². The number of nitrogens with zero attached hydrogens (tertiary/aromatic N) is 4. The van der Waals surface area contributed by atoms with Gasteiger partial charge in [-0.3, -0.25) is 14.1 Å². The van der Waals surface area contributed by atoms with Crippen LogP contribution in [0.3, 0.4) is 0 Å². The number of carbonyl (C=O) groups is 2. The molecule has 2 aromatic heterocycles. The van der Waals surface area contributed by atoms with Crippen molar-refractivity contribution in [1.29, 1.82) is 5.26 Å². The number of nitrogens with one attached hydrogen (secondary N) is 1. The lowest BCUT2D eigenvalue weighted by Gasteiger charge is -2.30. The fraction of sp³-hybridized carbons (Fsp3) is 0.375. The van der Waals surface area contributed by atoms with E-state index in [2.05, 4.69) is 10.1 Å². The number of fused-ring (bicyclic) bond motifs is 2. The van der Waals surface area contributed by atoms with Crippen molar-refractivity contribution in [3.05, 3.63) is 54.5 Å². The molecule has 43 heavy (non-hydrogen) atoms. The maximum Gasteiger partial charge on any atom is 0.459 e. The highest BCUT2D eigenvalue weighted by Crippen LogP contribution is 2.54. The molecular formula is C24H24FN6O11P. The second kappa shape index (κ2) is 11.5. The van der Waals surface area contributed by atoms with Gasteiger partial charge in [0.2, 0.25) is 5.60 Å². The molecule has 228 valence electrons. The molecular weight excluding hydrogens is 598 g/mol. The first kappa shape index (κ1) is 30.3. The van der Waals surface area contributed by atoms with Crippen LogP contribution in [-0.4, -0.2) is 81.0 Å². The first-order chi connectivity index (χ1) is 20.4. The first-order valence-corrected chi connectivity index (χ1v) is 13.9. The summed E-state index contributed by atoms with van der Waals surface area (Å²) in [5.41, 5.74) is 3.88. The first-order valence-electron chi connectivity index (χ1n) is 12.4. The summed E-state index contributed by atoms with van der Waals surface area (Å²) in [5.74, 6) is -6.38. The highest BCUT2D eigenvalue weighted by Gasteiger charge is 2.72. The summed E-state index contributed by atoms with van der Waals surface area (Å²) in [4.78, 5) is 26.9. The molecule has 17 nitrogen and oxygen atoms in total. The summed E-state index contributed by atoms with van der Waals surface area (Å²) in [7, 11) is -3.68. The summed E-state index contributed by atoms with van der Waals surface area (Å²) >= 11 is 0. The van der Waals surface area contributed by atoms with Gasteiger partial charge in [0.15, 0.2) is 11.9 Å². The Morgan fingerprint density at radius 1 is 1.26 bits per heavy atom. The van der Waals surface area contributed by atoms with Gasteiger partial charge >= 0.3 is 19.7 Å². The van der Waals surface area contributed by atoms with E-state index in [9.17, 15) is 24.5 Å². The lowest BCUT2D eigenvalue weighted by atomic mass is 9.92. The number of halogens is 1. The smallest absolute Gasteiger partial charge is 0.459 e. The number of nitrogen functional groups attached to an aromatic ring is 1. The Balaban J connectivity index is 1.51. The van der Waals surface area contributed by atoms with Gasteiger partial charge in [0, 0.05) is 7.11 Å². The number of aliphatic carboxylic acids is 2. The minimum Gasteiger partial charge on any atom is -0.481 e. The fourth-order valence-corrected chi connectivity index (χ4v) is 6.18. The Bertz CT molecular complexity index is 1620. The molecule has 7 atom stereocenters. The molecule has 0 radical (unpaired) electrons. The Morgan fingerprint density at radius 3 is 2.63 bits per heavy atom. The van der Waals surface area contributed by atoms with E-state index < -0.39 is 68.9 Å². The van der Waals surface area contributed by atoms with Crippen molar-refractivity contribution in [1.82, 2.24) is 19.7 Å². The number of para-hydroxylation sites is 1. The zero-order chi connectivity index (χ0) is 31.0. The number of hydrogen-bond acceptors (Lipinski definition) is 13. The number of ether oxygens (including phenoxy) is 4. The van der Waals surface area contributed by atoms with Crippen LogP contribution in [0.1, 0.15) is 12.1 Å². The van der Waals surface area contributed by atoms with Crippen molar-refractivity contribution >= 4 is 31.0 Å². The number of anilines is 1. The minimum absolute atomic E-state index is 0.0248. The van der Waals surface area contributed by atoms with Crippen LogP contribution in [0.5, 0.6) is 5.75 Å². The Morgan fingerprint density at radius 2 is 1.98 bits per heavy atom. The summed E-state index contributed by atoms with van der Waals surface area (Å²) in [5, 5.41) is 35.1. The van der Waals surface area contributed by atoms with Gasteiger partial charge in [-0.15, -0.1) is 0 Å². The van der Waals surface area contributed by atoms with Crippen molar-refractivity contribution in [2.24, 2.45) is 0 Å². The Labute approximate surface area is 241 Å². The van der Waals surface area contributed by atoms with Crippen LogP contribution in [0, 0.1) is 11.3 Å². The number of benzene rings is 1. The van der Waals surface area contributed by atoms with Crippen molar-refractivity contribution in [2.45, 2.75) is 42.6 Å². The third kappa shape index (κ3) is 5.62. The molecule has 2 aliphatic rings. The molecule has 0 saturated carbocycles. The highest BCUT2D eigenvalue weighted by molar-refractivity contribution is 7.52. The third-order valence-corrected chi connectivity index (χ3v) is 8.11. The molecule has 19 heteroatoms. The highest BCUT2D eigenvalue weighted by atomic mass is 31.2. The average molecular weight is 622 g/mol. The van der Waals surface area contributed by atoms with E-state index in [0.29, 0.717) is 0 Å². The lowest BCUT2D eigenvalue weighted by Crippen LogP contribution is -2.44. The van der Waals surface area contributed by atoms with Gasteiger partial charge in [-0.05, 0) is 24.3 Å². The van der Waals surface area contributed by atoms with E-state index in [-0.39, 0.29) is 22.8 Å². The van der Waals surface area contributed by atoms with E-state index >= 15 is 4.39 Å². The third-order valence-electron chi connectivity index (χ3n) is 6.56. The predicted octanol–water partition coefficient (Wildman–Crippen LogP) is 1.16. The number of carboxylic acids is 2. The number of nitriles is 1. The maximum absolute atomic E-state index is 16.9.